The van der Waals surface area contributed by atoms with Crippen LogP contribution in [-0.4, -0.2) is 29.8 Å². The number of hydrogen-bond donors (Lipinski definition) is 2. The van der Waals surface area contributed by atoms with Crippen molar-refractivity contribution in [1.82, 2.24) is 0 Å². The van der Waals surface area contributed by atoms with E-state index in [1.54, 1.807) is 0 Å². The van der Waals surface area contributed by atoms with Crippen LogP contribution in [0.15, 0.2) is 0 Å². The van der Waals surface area contributed by atoms with Gasteiger partial charge in [0.2, 0.25) is 0 Å². The van der Waals surface area contributed by atoms with Crippen LogP contribution in [0.3, 0.4) is 0 Å². The maximum Gasteiger partial charge on any atom is 0.257 e. The smallest absolute Gasteiger partial charge is 0.257 e. The molecule has 2 N–H and O–H groups in total. The monoisotopic (exact) mass is 736 g/mol. The maximum absolute atomic E-state index is 14.1. The zero-order valence-corrected chi connectivity index (χ0v) is 21.4. The maximum atomic E-state index is 14.1. The summed E-state index contributed by atoms with van der Waals surface area (Å²) < 4.78 is 120. The van der Waals surface area contributed by atoms with Crippen molar-refractivity contribution in [2.75, 3.05) is 10.6 Å². The van der Waals surface area contributed by atoms with Crippen molar-refractivity contribution in [3.8, 4) is 0 Å². The van der Waals surface area contributed by atoms with Crippen molar-refractivity contribution in [2.45, 2.75) is 31.8 Å². The summed E-state index contributed by atoms with van der Waals surface area (Å²) in [4.78, 5) is 25.2. The molecule has 2 atom stereocenters. The molecule has 190 valence electrons. The zero-order chi connectivity index (χ0) is 26.6. The van der Waals surface area contributed by atoms with E-state index in [0.29, 0.717) is 0 Å². The van der Waals surface area contributed by atoms with Gasteiger partial charge in [-0.15, -0.1) is 0 Å². The number of benzene rings is 2. The van der Waals surface area contributed by atoms with Gasteiger partial charge in [-0.1, -0.05) is 0 Å². The molecule has 6 nitrogen and oxygen atoms in total. The molecule has 0 radical (unpaired) electrons. The summed E-state index contributed by atoms with van der Waals surface area (Å²) in [6.45, 7) is 2.36. The number of hydrogen-bond acceptors (Lipinski definition) is 4. The third kappa shape index (κ3) is 5.06. The summed E-state index contributed by atoms with van der Waals surface area (Å²) in [5.74, 6) is -19.9. The number of rotatable bonds is 4. The van der Waals surface area contributed by atoms with Crippen LogP contribution in [0.4, 0.5) is 46.5 Å². The lowest BCUT2D eigenvalue weighted by Crippen LogP contribution is -2.43. The fourth-order valence-corrected chi connectivity index (χ4v) is 3.91. The molecule has 0 aliphatic carbocycles. The topological polar surface area (TPSA) is 76.7 Å². The van der Waals surface area contributed by atoms with Crippen molar-refractivity contribution < 1.29 is 54.2 Å². The summed E-state index contributed by atoms with van der Waals surface area (Å²) in [6.07, 6.45) is -4.20. The molecule has 0 bridgehead atoms. The van der Waals surface area contributed by atoms with E-state index in [-0.39, 0.29) is 0 Å². The van der Waals surface area contributed by atoms with E-state index in [2.05, 4.69) is 0 Å². The van der Waals surface area contributed by atoms with E-state index in [1.807, 2.05) is 0 Å². The van der Waals surface area contributed by atoms with Crippen molar-refractivity contribution in [2.24, 2.45) is 0 Å². The minimum atomic E-state index is -2.10. The Hall–Kier alpha value is -1.80. The summed E-state index contributed by atoms with van der Waals surface area (Å²) in [5.41, 5.74) is -3.09. The molecule has 1 aliphatic rings. The number of carbonyl (C=O) groups excluding carboxylic acids is 2. The largest absolute Gasteiger partial charge is 0.334 e. The highest BCUT2D eigenvalue weighted by Crippen LogP contribution is 2.34. The second kappa shape index (κ2) is 9.92. The van der Waals surface area contributed by atoms with Crippen LogP contribution in [0.1, 0.15) is 13.8 Å². The van der Waals surface area contributed by atoms with Gasteiger partial charge in [-0.3, -0.25) is 9.59 Å². The standard InChI is InChI=1S/C19H10F8I2N2O4/c1-19(2)34-15(17(32)30-13-7(24)3(20)11(28)4(21)8(13)25)16(35-19)18(33)31-14-9(26)5(22)12(29)6(23)10(14)27/h15-16H,1-2H3,(H,30,32)(H,31,33)/t15-,16-/m1/s1. The Labute approximate surface area is 218 Å². The molecule has 1 saturated heterocycles. The number of anilines is 2. The molecule has 0 unspecified atom stereocenters. The van der Waals surface area contributed by atoms with Crippen LogP contribution in [0.25, 0.3) is 0 Å². The Balaban J connectivity index is 1.93. The van der Waals surface area contributed by atoms with E-state index < -0.39 is 94.9 Å². The van der Waals surface area contributed by atoms with E-state index in [1.165, 1.54) is 24.5 Å². The molecule has 3 rings (SSSR count). The molecule has 0 saturated carbocycles. The summed E-state index contributed by atoms with van der Waals surface area (Å²) >= 11 is 1.98. The van der Waals surface area contributed by atoms with Crippen molar-refractivity contribution in [1.29, 1.82) is 0 Å². The van der Waals surface area contributed by atoms with E-state index in [9.17, 15) is 44.7 Å². The quantitative estimate of drug-likeness (QED) is 0.198. The van der Waals surface area contributed by atoms with Crippen molar-refractivity contribution in [3.63, 3.8) is 0 Å². The summed E-state index contributed by atoms with van der Waals surface area (Å²) in [5, 5.41) is 3.08. The molecule has 2 amide bonds. The van der Waals surface area contributed by atoms with E-state index in [4.69, 9.17) is 9.47 Å². The highest BCUT2D eigenvalue weighted by molar-refractivity contribution is 14.1. The molecule has 16 heteroatoms. The Morgan fingerprint density at radius 1 is 0.629 bits per heavy atom. The van der Waals surface area contributed by atoms with Crippen LogP contribution in [0.2, 0.25) is 0 Å². The molecule has 0 aromatic heterocycles. The van der Waals surface area contributed by atoms with Gasteiger partial charge >= 0.3 is 0 Å². The van der Waals surface area contributed by atoms with Gasteiger partial charge in [0.15, 0.2) is 64.5 Å². The van der Waals surface area contributed by atoms with Crippen LogP contribution in [-0.2, 0) is 19.1 Å². The van der Waals surface area contributed by atoms with Gasteiger partial charge < -0.3 is 20.1 Å². The lowest BCUT2D eigenvalue weighted by atomic mass is 10.1. The molecule has 1 heterocycles. The molecule has 1 aliphatic heterocycles. The first-order valence-corrected chi connectivity index (χ1v) is 11.2. The zero-order valence-electron chi connectivity index (χ0n) is 17.1. The van der Waals surface area contributed by atoms with Crippen LogP contribution < -0.4 is 10.6 Å². The predicted octanol–water partition coefficient (Wildman–Crippen LogP) is 5.11. The lowest BCUT2D eigenvalue weighted by molar-refractivity contribution is -0.156. The van der Waals surface area contributed by atoms with Gasteiger partial charge in [0.25, 0.3) is 11.8 Å². The highest BCUT2D eigenvalue weighted by atomic mass is 127. The number of ether oxygens (including phenoxy) is 2. The molecular formula is C19H10F8I2N2O4. The average molecular weight is 736 g/mol. The minimum Gasteiger partial charge on any atom is -0.334 e. The Bertz CT molecular complexity index is 1110. The van der Waals surface area contributed by atoms with Crippen molar-refractivity contribution >= 4 is 68.4 Å². The van der Waals surface area contributed by atoms with Gasteiger partial charge in [-0.2, -0.15) is 0 Å². The number of halogens is 10. The fourth-order valence-electron chi connectivity index (χ4n) is 2.96. The first-order chi connectivity index (χ1) is 16.1. The third-order valence-corrected chi connectivity index (χ3v) is 6.42. The lowest BCUT2D eigenvalue weighted by Gasteiger charge is -2.18. The fraction of sp³-hybridized carbons (Fsp3) is 0.263. The molecular weight excluding hydrogens is 726 g/mol. The molecule has 2 aromatic carbocycles. The highest BCUT2D eigenvalue weighted by Gasteiger charge is 2.49. The Morgan fingerprint density at radius 2 is 0.886 bits per heavy atom. The average Bonchev–Trinajstić information content (AvgIpc) is 3.14. The minimum absolute atomic E-state index is 0.992. The predicted molar refractivity (Wildman–Crippen MR) is 119 cm³/mol. The van der Waals surface area contributed by atoms with E-state index >= 15 is 0 Å². The van der Waals surface area contributed by atoms with E-state index in [0.717, 1.165) is 45.2 Å². The molecule has 1 fully saturated rings. The van der Waals surface area contributed by atoms with Gasteiger partial charge in [-0.05, 0) is 59.0 Å². The van der Waals surface area contributed by atoms with Crippen LogP contribution >= 0.6 is 45.2 Å². The van der Waals surface area contributed by atoms with Crippen LogP contribution in [0.5, 0.6) is 0 Å². The third-order valence-electron chi connectivity index (χ3n) is 4.53. The van der Waals surface area contributed by atoms with Gasteiger partial charge in [-0.25, -0.2) is 35.1 Å². The Morgan fingerprint density at radius 3 is 1.14 bits per heavy atom. The summed E-state index contributed by atoms with van der Waals surface area (Å²) in [7, 11) is 0. The number of amides is 2. The second-order valence-corrected chi connectivity index (χ2v) is 9.50. The second-order valence-electron chi connectivity index (χ2n) is 7.35. The van der Waals surface area contributed by atoms with Crippen molar-refractivity contribution in [3.05, 3.63) is 53.7 Å². The Kier molecular flexibility index (Phi) is 7.88. The SMILES string of the molecule is CC1(C)O[C@@H](C(=O)Nc2c(F)c(F)c(I)c(F)c2F)[C@H](C(=O)Nc2c(F)c(F)c(I)c(F)c2F)O1. The normalized spacial score (nSPS) is 19.1. The summed E-state index contributed by atoms with van der Waals surface area (Å²) in [6, 6.07) is 0. The van der Waals surface area contributed by atoms with Gasteiger partial charge in [0.1, 0.15) is 11.4 Å². The van der Waals surface area contributed by atoms with Gasteiger partial charge in [0.05, 0.1) is 7.14 Å². The molecule has 2 aromatic rings. The van der Waals surface area contributed by atoms with Gasteiger partial charge in [0, 0.05) is 0 Å². The number of nitrogens with one attached hydrogen (secondary N) is 2. The number of carbonyl (C=O) groups is 2. The first-order valence-electron chi connectivity index (χ1n) is 9.09. The molecule has 0 spiro atoms. The molecule has 35 heavy (non-hydrogen) atoms. The van der Waals surface area contributed by atoms with Crippen LogP contribution in [0, 0.1) is 53.7 Å². The first kappa shape index (κ1) is 27.8.